The Morgan fingerprint density at radius 3 is 2.29 bits per heavy atom. The Bertz CT molecular complexity index is 1210. The second-order valence-electron chi connectivity index (χ2n) is 6.76. The van der Waals surface area contributed by atoms with Gasteiger partial charge in [0.1, 0.15) is 5.01 Å². The summed E-state index contributed by atoms with van der Waals surface area (Å²) < 4.78 is 1.58. The monoisotopic (exact) mass is 470 g/mol. The Hall–Kier alpha value is -2.73. The van der Waals surface area contributed by atoms with Crippen LogP contribution in [-0.4, -0.2) is 15.3 Å². The molecule has 7 heteroatoms. The molecular formula is C24H20Cl2N2O2S. The van der Waals surface area contributed by atoms with Gasteiger partial charge in [-0.25, -0.2) is 4.98 Å². The van der Waals surface area contributed by atoms with E-state index < -0.39 is 0 Å². The fourth-order valence-electron chi connectivity index (χ4n) is 2.96. The third kappa shape index (κ3) is 5.91. The van der Waals surface area contributed by atoms with Crippen LogP contribution >= 0.6 is 34.5 Å². The van der Waals surface area contributed by atoms with Crippen LogP contribution in [0.3, 0.4) is 0 Å². The van der Waals surface area contributed by atoms with Gasteiger partial charge in [-0.15, -0.1) is 11.3 Å². The molecule has 0 unspecified atom stereocenters. The predicted octanol–water partition coefficient (Wildman–Crippen LogP) is 6.52. The molecule has 158 valence electrons. The Morgan fingerprint density at radius 2 is 1.74 bits per heavy atom. The van der Waals surface area contributed by atoms with Crippen molar-refractivity contribution < 1.29 is 4.79 Å². The first-order chi connectivity index (χ1) is 14.9. The second kappa shape index (κ2) is 10.5. The molecule has 0 atom stereocenters. The van der Waals surface area contributed by atoms with Gasteiger partial charge in [-0.3, -0.25) is 9.59 Å². The quantitative estimate of drug-likeness (QED) is 0.318. The number of pyridine rings is 1. The van der Waals surface area contributed by atoms with Crippen molar-refractivity contribution in [1.29, 1.82) is 0 Å². The topological polar surface area (TPSA) is 52.0 Å². The molecule has 2 aromatic heterocycles. The zero-order chi connectivity index (χ0) is 22.4. The van der Waals surface area contributed by atoms with E-state index in [4.69, 9.17) is 23.2 Å². The molecule has 2 aromatic carbocycles. The largest absolute Gasteiger partial charge is 0.301 e. The first kappa shape index (κ1) is 22.9. The number of rotatable bonds is 4. The average molecular weight is 471 g/mol. The van der Waals surface area contributed by atoms with Crippen molar-refractivity contribution in [3.05, 3.63) is 109 Å². The Kier molecular flexibility index (Phi) is 7.80. The van der Waals surface area contributed by atoms with E-state index in [1.807, 2.05) is 48.7 Å². The number of benzene rings is 2. The summed E-state index contributed by atoms with van der Waals surface area (Å²) in [5.74, 6) is -0.0946. The number of ketones is 1. The van der Waals surface area contributed by atoms with Crippen molar-refractivity contribution in [2.75, 3.05) is 0 Å². The number of thiazole rings is 1. The molecule has 4 rings (SSSR count). The van der Waals surface area contributed by atoms with Crippen LogP contribution in [0.15, 0.2) is 77.0 Å². The second-order valence-corrected chi connectivity index (χ2v) is 8.58. The molecular weight excluding hydrogens is 451 g/mol. The number of hydrogen-bond acceptors (Lipinski definition) is 4. The Morgan fingerprint density at radius 1 is 1.03 bits per heavy atom. The van der Waals surface area contributed by atoms with Crippen LogP contribution in [-0.2, 0) is 6.54 Å². The molecule has 0 bridgehead atoms. The number of aryl methyl sites for hydroxylation is 1. The van der Waals surface area contributed by atoms with E-state index in [2.05, 4.69) is 4.98 Å². The lowest BCUT2D eigenvalue weighted by Gasteiger charge is -2.15. The molecule has 0 amide bonds. The SMILES string of the molecule is CC(=O)c1ccc(=O)n(Cc2nccs2)c1-c1ccc(Cl)cc1.Cc1ccccc1Cl. The number of carbonyl (C=O) groups is 1. The molecule has 0 saturated carbocycles. The highest BCUT2D eigenvalue weighted by atomic mass is 35.5. The first-order valence-corrected chi connectivity index (χ1v) is 11.1. The summed E-state index contributed by atoms with van der Waals surface area (Å²) in [6.45, 7) is 3.81. The van der Waals surface area contributed by atoms with Gasteiger partial charge in [0.15, 0.2) is 5.78 Å². The smallest absolute Gasteiger partial charge is 0.251 e. The predicted molar refractivity (Wildman–Crippen MR) is 129 cm³/mol. The van der Waals surface area contributed by atoms with Gasteiger partial charge in [0.05, 0.1) is 12.2 Å². The lowest BCUT2D eigenvalue weighted by atomic mass is 10.0. The fraction of sp³-hybridized carbons (Fsp3) is 0.125. The van der Waals surface area contributed by atoms with E-state index >= 15 is 0 Å². The third-order valence-electron chi connectivity index (χ3n) is 4.53. The van der Waals surface area contributed by atoms with E-state index in [1.54, 1.807) is 29.0 Å². The zero-order valence-electron chi connectivity index (χ0n) is 17.0. The summed E-state index contributed by atoms with van der Waals surface area (Å²) in [4.78, 5) is 28.6. The van der Waals surface area contributed by atoms with Crippen molar-refractivity contribution in [3.8, 4) is 11.3 Å². The Balaban J connectivity index is 0.000000287. The van der Waals surface area contributed by atoms with Crippen molar-refractivity contribution >= 4 is 40.3 Å². The number of carbonyl (C=O) groups excluding carboxylic acids is 1. The van der Waals surface area contributed by atoms with Crippen molar-refractivity contribution in [2.24, 2.45) is 0 Å². The maximum atomic E-state index is 12.4. The molecule has 0 aliphatic heterocycles. The van der Waals surface area contributed by atoms with Gasteiger partial charge in [-0.2, -0.15) is 0 Å². The third-order valence-corrected chi connectivity index (χ3v) is 5.97. The Labute approximate surface area is 194 Å². The fourth-order valence-corrected chi connectivity index (χ4v) is 3.82. The standard InChI is InChI=1S/C17H13ClN2O2S.C7H7Cl/c1-11(21)14-6-7-16(22)20(10-15-19-8-9-23-15)17(14)12-2-4-13(18)5-3-12;1-6-4-2-3-5-7(6)8/h2-9H,10H2,1H3;2-5H,1H3. The van der Waals surface area contributed by atoms with Crippen molar-refractivity contribution in [3.63, 3.8) is 0 Å². The molecule has 0 radical (unpaired) electrons. The van der Waals surface area contributed by atoms with E-state index in [0.29, 0.717) is 22.8 Å². The average Bonchev–Trinajstić information content (AvgIpc) is 3.26. The molecule has 2 heterocycles. The van der Waals surface area contributed by atoms with Crippen molar-refractivity contribution in [1.82, 2.24) is 9.55 Å². The number of Topliss-reactive ketones (excluding diaryl/α,β-unsaturated/α-hetero) is 1. The van der Waals surface area contributed by atoms with Crippen molar-refractivity contribution in [2.45, 2.75) is 20.4 Å². The van der Waals surface area contributed by atoms with E-state index in [9.17, 15) is 9.59 Å². The lowest BCUT2D eigenvalue weighted by Crippen LogP contribution is -2.23. The van der Waals surface area contributed by atoms with Crippen LogP contribution in [0.25, 0.3) is 11.3 Å². The van der Waals surface area contributed by atoms with E-state index in [-0.39, 0.29) is 11.3 Å². The highest BCUT2D eigenvalue weighted by Crippen LogP contribution is 2.25. The molecule has 4 nitrogen and oxygen atoms in total. The minimum absolute atomic E-state index is 0.0946. The van der Waals surface area contributed by atoms with E-state index in [0.717, 1.165) is 21.2 Å². The van der Waals surface area contributed by atoms with Crippen LogP contribution in [0.2, 0.25) is 10.0 Å². The molecule has 0 aliphatic rings. The van der Waals surface area contributed by atoms with Gasteiger partial charge >= 0.3 is 0 Å². The van der Waals surface area contributed by atoms with Crippen LogP contribution in [0, 0.1) is 6.92 Å². The van der Waals surface area contributed by atoms with Crippen LogP contribution < -0.4 is 5.56 Å². The minimum atomic E-state index is -0.171. The summed E-state index contributed by atoms with van der Waals surface area (Å²) in [6, 6.07) is 17.9. The number of halogens is 2. The zero-order valence-corrected chi connectivity index (χ0v) is 19.3. The molecule has 31 heavy (non-hydrogen) atoms. The van der Waals surface area contributed by atoms with Gasteiger partial charge in [0.2, 0.25) is 0 Å². The van der Waals surface area contributed by atoms with Gasteiger partial charge in [0, 0.05) is 33.3 Å². The highest BCUT2D eigenvalue weighted by Gasteiger charge is 2.16. The summed E-state index contributed by atoms with van der Waals surface area (Å²) >= 11 is 13.1. The molecule has 0 fully saturated rings. The van der Waals surface area contributed by atoms with Crippen LogP contribution in [0.5, 0.6) is 0 Å². The van der Waals surface area contributed by atoms with Crippen LogP contribution in [0.4, 0.5) is 0 Å². The van der Waals surface area contributed by atoms with E-state index in [1.165, 1.54) is 24.3 Å². The molecule has 4 aromatic rings. The maximum Gasteiger partial charge on any atom is 0.251 e. The number of hydrogen-bond donors (Lipinski definition) is 0. The minimum Gasteiger partial charge on any atom is -0.301 e. The van der Waals surface area contributed by atoms with Crippen LogP contribution in [0.1, 0.15) is 27.9 Å². The molecule has 0 spiro atoms. The lowest BCUT2D eigenvalue weighted by molar-refractivity contribution is 0.101. The highest BCUT2D eigenvalue weighted by molar-refractivity contribution is 7.09. The van der Waals surface area contributed by atoms with Gasteiger partial charge in [-0.1, -0.05) is 53.5 Å². The maximum absolute atomic E-state index is 12.4. The molecule has 0 saturated heterocycles. The normalized spacial score (nSPS) is 10.3. The van der Waals surface area contributed by atoms with Gasteiger partial charge in [0.25, 0.3) is 5.56 Å². The summed E-state index contributed by atoms with van der Waals surface area (Å²) in [7, 11) is 0. The number of nitrogens with zero attached hydrogens (tertiary/aromatic N) is 2. The summed E-state index contributed by atoms with van der Waals surface area (Å²) in [6.07, 6.45) is 1.70. The molecule has 0 aliphatic carbocycles. The van der Waals surface area contributed by atoms with Gasteiger partial charge in [-0.05, 0) is 49.2 Å². The first-order valence-electron chi connectivity index (χ1n) is 9.47. The summed E-state index contributed by atoms with van der Waals surface area (Å²) in [5, 5.41) is 4.11. The molecule has 0 N–H and O–H groups in total. The van der Waals surface area contributed by atoms with Gasteiger partial charge < -0.3 is 4.57 Å². The number of aromatic nitrogens is 2. The summed E-state index contributed by atoms with van der Waals surface area (Å²) in [5.41, 5.74) is 2.83.